The fraction of sp³-hybridized carbons (Fsp3) is 0.875. The Morgan fingerprint density at radius 3 is 2.00 bits per heavy atom. The second-order valence-corrected chi connectivity index (χ2v) is 3.74. The van der Waals surface area contributed by atoms with Crippen molar-refractivity contribution in [1.29, 1.82) is 0 Å². The van der Waals surface area contributed by atoms with Crippen molar-refractivity contribution in [1.82, 2.24) is 0 Å². The minimum atomic E-state index is 0.773. The van der Waals surface area contributed by atoms with Crippen LogP contribution in [0.1, 0.15) is 39.0 Å². The molecule has 2 bridgehead atoms. The summed E-state index contributed by atoms with van der Waals surface area (Å²) in [7, 11) is 0. The quantitative estimate of drug-likeness (QED) is 0.419. The normalized spacial score (nSPS) is 31.9. The molecule has 8 heavy (non-hydrogen) atoms. The second kappa shape index (κ2) is 1.23. The van der Waals surface area contributed by atoms with Crippen LogP contribution in [0.5, 0.6) is 0 Å². The maximum Gasteiger partial charge on any atom is 0.0956 e. The van der Waals surface area contributed by atoms with E-state index in [0.717, 1.165) is 5.41 Å². The molecular weight excluding hydrogens is 96.1 g/mol. The van der Waals surface area contributed by atoms with Crippen molar-refractivity contribution in [3.8, 4) is 0 Å². The van der Waals surface area contributed by atoms with Crippen LogP contribution in [0.3, 0.4) is 0 Å². The molecule has 0 radical (unpaired) electrons. The molecule has 0 atom stereocenters. The van der Waals surface area contributed by atoms with Gasteiger partial charge in [-0.05, 0) is 12.8 Å². The average Bonchev–Trinajstić information content (AvgIpc) is 2.21. The lowest BCUT2D eigenvalue weighted by Gasteiger charge is -2.12. The van der Waals surface area contributed by atoms with E-state index in [1.807, 2.05) is 5.92 Å². The monoisotopic (exact) mass is 109 g/mol. The number of fused-ring (bicyclic) bond motifs is 2. The summed E-state index contributed by atoms with van der Waals surface area (Å²) < 4.78 is 0. The van der Waals surface area contributed by atoms with Crippen LogP contribution in [-0.4, -0.2) is 0 Å². The SMILES string of the molecule is CC12CC[C+](CC1)C2. The van der Waals surface area contributed by atoms with Gasteiger partial charge < -0.3 is 0 Å². The van der Waals surface area contributed by atoms with Gasteiger partial charge in [-0.25, -0.2) is 0 Å². The minimum Gasteiger partial charge on any atom is -0.0552 e. The highest BCUT2D eigenvalue weighted by atomic mass is 14.5. The summed E-state index contributed by atoms with van der Waals surface area (Å²) >= 11 is 0. The molecule has 2 fully saturated rings. The zero-order valence-electron chi connectivity index (χ0n) is 5.54. The predicted octanol–water partition coefficient (Wildman–Crippen LogP) is 2.54. The molecule has 0 unspecified atom stereocenters. The maximum atomic E-state index is 2.44. The van der Waals surface area contributed by atoms with Crippen LogP contribution in [0.15, 0.2) is 0 Å². The molecule has 0 N–H and O–H groups in total. The first-order valence-corrected chi connectivity index (χ1v) is 3.62. The van der Waals surface area contributed by atoms with Crippen LogP contribution in [-0.2, 0) is 0 Å². The first kappa shape index (κ1) is 4.72. The van der Waals surface area contributed by atoms with Crippen LogP contribution < -0.4 is 0 Å². The van der Waals surface area contributed by atoms with Crippen LogP contribution in [0.4, 0.5) is 0 Å². The summed E-state index contributed by atoms with van der Waals surface area (Å²) in [5.41, 5.74) is 0.773. The van der Waals surface area contributed by atoms with E-state index < -0.39 is 0 Å². The van der Waals surface area contributed by atoms with E-state index in [1.54, 1.807) is 0 Å². The van der Waals surface area contributed by atoms with Crippen LogP contribution in [0, 0.1) is 11.3 Å². The van der Waals surface area contributed by atoms with Gasteiger partial charge in [0.2, 0.25) is 0 Å². The van der Waals surface area contributed by atoms with Gasteiger partial charge in [0.1, 0.15) is 0 Å². The van der Waals surface area contributed by atoms with Gasteiger partial charge in [0.05, 0.1) is 25.2 Å². The molecule has 44 valence electrons. The molecule has 0 aromatic rings. The highest BCUT2D eigenvalue weighted by Crippen LogP contribution is 2.54. The number of rotatable bonds is 0. The Balaban J connectivity index is 2.19. The molecule has 0 heterocycles. The Labute approximate surface area is 51.3 Å². The third kappa shape index (κ3) is 0.489. The van der Waals surface area contributed by atoms with Gasteiger partial charge in [-0.2, -0.15) is 0 Å². The van der Waals surface area contributed by atoms with Crippen LogP contribution in [0.2, 0.25) is 0 Å². The zero-order valence-corrected chi connectivity index (χ0v) is 5.54. The molecule has 0 saturated heterocycles. The van der Waals surface area contributed by atoms with Crippen molar-refractivity contribution in [3.05, 3.63) is 5.92 Å². The van der Waals surface area contributed by atoms with Gasteiger partial charge in [-0.15, -0.1) is 0 Å². The molecule has 0 heteroatoms. The molecule has 2 aliphatic rings. The molecule has 2 rings (SSSR count). The summed E-state index contributed by atoms with van der Waals surface area (Å²) in [6, 6.07) is 0. The first-order chi connectivity index (χ1) is 3.79. The lowest BCUT2D eigenvalue weighted by molar-refractivity contribution is 0.336. The highest BCUT2D eigenvalue weighted by molar-refractivity contribution is 5.10. The van der Waals surface area contributed by atoms with E-state index in [1.165, 1.54) is 32.1 Å². The molecule has 0 aromatic carbocycles. The van der Waals surface area contributed by atoms with Gasteiger partial charge >= 0.3 is 0 Å². The van der Waals surface area contributed by atoms with Crippen molar-refractivity contribution in [3.63, 3.8) is 0 Å². The van der Waals surface area contributed by atoms with Gasteiger partial charge in [0.15, 0.2) is 0 Å². The molecule has 0 amide bonds. The maximum absolute atomic E-state index is 2.44. The van der Waals surface area contributed by atoms with Gasteiger partial charge in [-0.1, -0.05) is 6.92 Å². The molecular formula is C8H13+. The van der Waals surface area contributed by atoms with E-state index in [4.69, 9.17) is 0 Å². The largest absolute Gasteiger partial charge is 0.0956 e. The minimum absolute atomic E-state index is 0.773. The Kier molecular flexibility index (Phi) is 0.726. The van der Waals surface area contributed by atoms with Crippen molar-refractivity contribution in [2.45, 2.75) is 39.0 Å². The molecule has 0 aromatic heterocycles. The fourth-order valence-electron chi connectivity index (χ4n) is 2.16. The van der Waals surface area contributed by atoms with E-state index in [2.05, 4.69) is 6.92 Å². The molecule has 2 aliphatic carbocycles. The topological polar surface area (TPSA) is 0 Å². The standard InChI is InChI=1S/C8H13/c1-8-4-2-7(6-8)3-5-8/h2-6H2,1H3/q+1. The number of hydrogen-bond acceptors (Lipinski definition) is 0. The van der Waals surface area contributed by atoms with Crippen molar-refractivity contribution in [2.75, 3.05) is 0 Å². The summed E-state index contributed by atoms with van der Waals surface area (Å²) in [5, 5.41) is 0. The second-order valence-electron chi connectivity index (χ2n) is 3.74. The smallest absolute Gasteiger partial charge is 0.0552 e. The molecule has 2 saturated carbocycles. The van der Waals surface area contributed by atoms with Gasteiger partial charge in [-0.3, -0.25) is 0 Å². The van der Waals surface area contributed by atoms with E-state index >= 15 is 0 Å². The third-order valence-corrected chi connectivity index (χ3v) is 2.84. The van der Waals surface area contributed by atoms with E-state index in [0.29, 0.717) is 0 Å². The van der Waals surface area contributed by atoms with Crippen molar-refractivity contribution in [2.24, 2.45) is 5.41 Å². The van der Waals surface area contributed by atoms with Gasteiger partial charge in [0.25, 0.3) is 0 Å². The fourth-order valence-corrected chi connectivity index (χ4v) is 2.16. The lowest BCUT2D eigenvalue weighted by Crippen LogP contribution is -2.06. The Hall–Kier alpha value is -0.130. The molecule has 0 nitrogen and oxygen atoms in total. The first-order valence-electron chi connectivity index (χ1n) is 3.62. The van der Waals surface area contributed by atoms with Crippen molar-refractivity contribution >= 4 is 0 Å². The molecule has 0 spiro atoms. The lowest BCUT2D eigenvalue weighted by atomic mass is 9.87. The summed E-state index contributed by atoms with van der Waals surface area (Å²) in [6.45, 7) is 2.44. The summed E-state index contributed by atoms with van der Waals surface area (Å²) in [4.78, 5) is 0. The van der Waals surface area contributed by atoms with Gasteiger partial charge in [0, 0.05) is 5.41 Å². The predicted molar refractivity (Wildman–Crippen MR) is 34.4 cm³/mol. The Bertz CT molecular complexity index is 96.6. The summed E-state index contributed by atoms with van der Waals surface area (Å²) in [6.07, 6.45) is 7.35. The Morgan fingerprint density at radius 2 is 1.88 bits per heavy atom. The zero-order chi connectivity index (χ0) is 5.61. The molecule has 0 aliphatic heterocycles. The Morgan fingerprint density at radius 1 is 1.25 bits per heavy atom. The number of hydrogen-bond donors (Lipinski definition) is 0. The van der Waals surface area contributed by atoms with E-state index in [9.17, 15) is 0 Å². The third-order valence-electron chi connectivity index (χ3n) is 2.84. The van der Waals surface area contributed by atoms with E-state index in [-0.39, 0.29) is 0 Å². The van der Waals surface area contributed by atoms with Crippen molar-refractivity contribution < 1.29 is 0 Å². The highest BCUT2D eigenvalue weighted by Gasteiger charge is 2.49. The average molecular weight is 109 g/mol. The summed E-state index contributed by atoms with van der Waals surface area (Å²) in [5.74, 6) is 1.85. The van der Waals surface area contributed by atoms with Crippen LogP contribution >= 0.6 is 0 Å². The van der Waals surface area contributed by atoms with Crippen LogP contribution in [0.25, 0.3) is 0 Å².